The first-order chi connectivity index (χ1) is 10.3. The number of aryl methyl sites for hydroxylation is 2. The Bertz CT molecular complexity index is 624. The highest BCUT2D eigenvalue weighted by molar-refractivity contribution is 5.82. The SMILES string of the molecule is Cc1cccc2cnn(CCC(=O)N3CCCCCC3)c12. The normalized spacial score (nSPS) is 16.1. The predicted octanol–water partition coefficient (Wildman–Crippen LogP) is 3.14. The fraction of sp³-hybridized carbons (Fsp3) is 0.529. The Balaban J connectivity index is 1.67. The maximum atomic E-state index is 12.4. The molecule has 1 aliphatic rings. The summed E-state index contributed by atoms with van der Waals surface area (Å²) in [5.41, 5.74) is 2.37. The first-order valence-electron chi connectivity index (χ1n) is 7.94. The van der Waals surface area contributed by atoms with Gasteiger partial charge in [-0.2, -0.15) is 5.10 Å². The number of rotatable bonds is 3. The van der Waals surface area contributed by atoms with Gasteiger partial charge in [0.05, 0.1) is 18.3 Å². The number of aromatic nitrogens is 2. The van der Waals surface area contributed by atoms with E-state index < -0.39 is 0 Å². The minimum Gasteiger partial charge on any atom is -0.343 e. The Morgan fingerprint density at radius 2 is 1.95 bits per heavy atom. The molecule has 0 radical (unpaired) electrons. The van der Waals surface area contributed by atoms with E-state index in [0.29, 0.717) is 13.0 Å². The molecular formula is C17H23N3O. The number of benzene rings is 1. The molecule has 1 aliphatic heterocycles. The number of likely N-dealkylation sites (tertiary alicyclic amines) is 1. The third-order valence-electron chi connectivity index (χ3n) is 4.36. The van der Waals surface area contributed by atoms with Gasteiger partial charge in [0.25, 0.3) is 0 Å². The van der Waals surface area contributed by atoms with Crippen molar-refractivity contribution in [3.05, 3.63) is 30.0 Å². The Kier molecular flexibility index (Phi) is 4.23. The van der Waals surface area contributed by atoms with E-state index >= 15 is 0 Å². The van der Waals surface area contributed by atoms with E-state index in [9.17, 15) is 4.79 Å². The summed E-state index contributed by atoms with van der Waals surface area (Å²) in [6.07, 6.45) is 7.24. The van der Waals surface area contributed by atoms with Crippen LogP contribution in [0.25, 0.3) is 10.9 Å². The summed E-state index contributed by atoms with van der Waals surface area (Å²) in [4.78, 5) is 14.4. The van der Waals surface area contributed by atoms with Crippen LogP contribution in [-0.4, -0.2) is 33.7 Å². The van der Waals surface area contributed by atoms with Crippen LogP contribution < -0.4 is 0 Å². The van der Waals surface area contributed by atoms with Crippen molar-refractivity contribution in [3.8, 4) is 0 Å². The molecular weight excluding hydrogens is 262 g/mol. The second kappa shape index (κ2) is 6.29. The molecule has 2 heterocycles. The Morgan fingerprint density at radius 1 is 1.19 bits per heavy atom. The number of hydrogen-bond donors (Lipinski definition) is 0. The quantitative estimate of drug-likeness (QED) is 0.869. The van der Waals surface area contributed by atoms with E-state index in [4.69, 9.17) is 0 Å². The molecule has 0 unspecified atom stereocenters. The summed E-state index contributed by atoms with van der Waals surface area (Å²) >= 11 is 0. The molecule has 2 aromatic rings. The summed E-state index contributed by atoms with van der Waals surface area (Å²) in [5.74, 6) is 0.272. The van der Waals surface area contributed by atoms with Gasteiger partial charge in [0.2, 0.25) is 5.91 Å². The Morgan fingerprint density at radius 3 is 2.71 bits per heavy atom. The molecule has 3 rings (SSSR count). The summed E-state index contributed by atoms with van der Waals surface area (Å²) < 4.78 is 1.97. The molecule has 1 aromatic carbocycles. The highest BCUT2D eigenvalue weighted by Gasteiger charge is 2.16. The molecule has 0 atom stereocenters. The number of carbonyl (C=O) groups is 1. The second-order valence-electron chi connectivity index (χ2n) is 5.93. The van der Waals surface area contributed by atoms with Crippen molar-refractivity contribution < 1.29 is 4.79 Å². The third kappa shape index (κ3) is 3.09. The molecule has 1 aromatic heterocycles. The van der Waals surface area contributed by atoms with Gasteiger partial charge in [-0.3, -0.25) is 9.48 Å². The molecule has 112 valence electrons. The van der Waals surface area contributed by atoms with Crippen LogP contribution in [0.3, 0.4) is 0 Å². The van der Waals surface area contributed by atoms with Crippen LogP contribution in [0.5, 0.6) is 0 Å². The van der Waals surface area contributed by atoms with Gasteiger partial charge in [-0.1, -0.05) is 31.0 Å². The smallest absolute Gasteiger partial charge is 0.224 e. The Labute approximate surface area is 125 Å². The van der Waals surface area contributed by atoms with Crippen LogP contribution >= 0.6 is 0 Å². The zero-order valence-electron chi connectivity index (χ0n) is 12.7. The van der Waals surface area contributed by atoms with Crippen LogP contribution in [-0.2, 0) is 11.3 Å². The Hall–Kier alpha value is -1.84. The number of hydrogen-bond acceptors (Lipinski definition) is 2. The fourth-order valence-electron chi connectivity index (χ4n) is 3.18. The summed E-state index contributed by atoms with van der Waals surface area (Å²) in [5, 5.41) is 5.59. The molecule has 0 saturated carbocycles. The van der Waals surface area contributed by atoms with Crippen molar-refractivity contribution in [1.29, 1.82) is 0 Å². The number of amides is 1. The molecule has 4 heteroatoms. The van der Waals surface area contributed by atoms with Gasteiger partial charge in [0, 0.05) is 24.9 Å². The van der Waals surface area contributed by atoms with Crippen molar-refractivity contribution in [2.75, 3.05) is 13.1 Å². The molecule has 4 nitrogen and oxygen atoms in total. The van der Waals surface area contributed by atoms with Crippen molar-refractivity contribution in [3.63, 3.8) is 0 Å². The summed E-state index contributed by atoms with van der Waals surface area (Å²) in [7, 11) is 0. The van der Waals surface area contributed by atoms with E-state index in [1.165, 1.54) is 18.4 Å². The second-order valence-corrected chi connectivity index (χ2v) is 5.93. The van der Waals surface area contributed by atoms with Gasteiger partial charge in [0.1, 0.15) is 0 Å². The lowest BCUT2D eigenvalue weighted by Gasteiger charge is -2.20. The minimum absolute atomic E-state index is 0.272. The van der Waals surface area contributed by atoms with Crippen molar-refractivity contribution in [2.45, 2.75) is 45.6 Å². The molecule has 0 spiro atoms. The molecule has 0 bridgehead atoms. The van der Waals surface area contributed by atoms with E-state index in [1.807, 2.05) is 21.8 Å². The number of para-hydroxylation sites is 1. The van der Waals surface area contributed by atoms with Crippen LogP contribution in [0.4, 0.5) is 0 Å². The van der Waals surface area contributed by atoms with Crippen molar-refractivity contribution in [1.82, 2.24) is 14.7 Å². The average molecular weight is 285 g/mol. The van der Waals surface area contributed by atoms with Crippen molar-refractivity contribution in [2.24, 2.45) is 0 Å². The molecule has 1 fully saturated rings. The number of carbonyl (C=O) groups excluding carboxylic acids is 1. The molecule has 0 N–H and O–H groups in total. The largest absolute Gasteiger partial charge is 0.343 e. The molecule has 1 saturated heterocycles. The lowest BCUT2D eigenvalue weighted by atomic mass is 10.2. The highest BCUT2D eigenvalue weighted by atomic mass is 16.2. The maximum absolute atomic E-state index is 12.4. The molecule has 21 heavy (non-hydrogen) atoms. The van der Waals surface area contributed by atoms with E-state index in [1.54, 1.807) is 0 Å². The molecule has 1 amide bonds. The van der Waals surface area contributed by atoms with E-state index in [2.05, 4.69) is 24.2 Å². The zero-order valence-corrected chi connectivity index (χ0v) is 12.7. The average Bonchev–Trinajstić information content (AvgIpc) is 2.72. The first kappa shape index (κ1) is 14.1. The zero-order chi connectivity index (χ0) is 14.7. The predicted molar refractivity (Wildman–Crippen MR) is 84.1 cm³/mol. The van der Waals surface area contributed by atoms with Crippen LogP contribution in [0.15, 0.2) is 24.4 Å². The standard InChI is InChI=1S/C17H23N3O/c1-14-7-6-8-15-13-18-20(17(14)15)12-9-16(21)19-10-4-2-3-5-11-19/h6-8,13H,2-5,9-12H2,1H3. The lowest BCUT2D eigenvalue weighted by molar-refractivity contribution is -0.131. The van der Waals surface area contributed by atoms with Gasteiger partial charge in [-0.05, 0) is 25.3 Å². The van der Waals surface area contributed by atoms with Gasteiger partial charge in [0.15, 0.2) is 0 Å². The minimum atomic E-state index is 0.272. The van der Waals surface area contributed by atoms with Crippen LogP contribution in [0.1, 0.15) is 37.7 Å². The number of fused-ring (bicyclic) bond motifs is 1. The summed E-state index contributed by atoms with van der Waals surface area (Å²) in [6, 6.07) is 6.21. The highest BCUT2D eigenvalue weighted by Crippen LogP contribution is 2.18. The maximum Gasteiger partial charge on any atom is 0.224 e. The van der Waals surface area contributed by atoms with Crippen LogP contribution in [0.2, 0.25) is 0 Å². The first-order valence-corrected chi connectivity index (χ1v) is 7.94. The van der Waals surface area contributed by atoms with Gasteiger partial charge < -0.3 is 4.90 Å². The van der Waals surface area contributed by atoms with Gasteiger partial charge >= 0.3 is 0 Å². The lowest BCUT2D eigenvalue weighted by Crippen LogP contribution is -2.32. The monoisotopic (exact) mass is 285 g/mol. The fourth-order valence-corrected chi connectivity index (χ4v) is 3.18. The number of nitrogens with zero attached hydrogens (tertiary/aromatic N) is 3. The third-order valence-corrected chi connectivity index (χ3v) is 4.36. The van der Waals surface area contributed by atoms with Gasteiger partial charge in [-0.15, -0.1) is 0 Å². The van der Waals surface area contributed by atoms with Gasteiger partial charge in [-0.25, -0.2) is 0 Å². The van der Waals surface area contributed by atoms with E-state index in [-0.39, 0.29) is 5.91 Å². The summed E-state index contributed by atoms with van der Waals surface area (Å²) in [6.45, 7) is 4.62. The van der Waals surface area contributed by atoms with E-state index in [0.717, 1.165) is 36.8 Å². The topological polar surface area (TPSA) is 38.1 Å². The molecule has 0 aliphatic carbocycles. The van der Waals surface area contributed by atoms with Crippen LogP contribution in [0, 0.1) is 6.92 Å². The van der Waals surface area contributed by atoms with Crippen molar-refractivity contribution >= 4 is 16.8 Å².